The molecule has 0 radical (unpaired) electrons. The highest BCUT2D eigenvalue weighted by Crippen LogP contribution is 2.37. The van der Waals surface area contributed by atoms with Crippen LogP contribution in [0.15, 0.2) is 30.9 Å². The van der Waals surface area contributed by atoms with Gasteiger partial charge in [-0.3, -0.25) is 0 Å². The zero-order valence-corrected chi connectivity index (χ0v) is 11.1. The molecule has 1 aliphatic carbocycles. The third-order valence-electron chi connectivity index (χ3n) is 4.10. The van der Waals surface area contributed by atoms with Crippen LogP contribution in [0, 0.1) is 28.6 Å². The van der Waals surface area contributed by atoms with Crippen LogP contribution in [0.4, 0.5) is 0 Å². The summed E-state index contributed by atoms with van der Waals surface area (Å²) in [5.41, 5.74) is 2.20. The molecule has 0 saturated heterocycles. The van der Waals surface area contributed by atoms with Crippen molar-refractivity contribution in [3.63, 3.8) is 0 Å². The summed E-state index contributed by atoms with van der Waals surface area (Å²) in [4.78, 5) is 0. The Morgan fingerprint density at radius 2 is 1.79 bits per heavy atom. The van der Waals surface area contributed by atoms with E-state index in [0.29, 0.717) is 17.0 Å². The molecule has 1 aromatic rings. The van der Waals surface area contributed by atoms with E-state index in [2.05, 4.69) is 18.7 Å². The third-order valence-corrected chi connectivity index (χ3v) is 4.10. The largest absolute Gasteiger partial charge is 0.192 e. The van der Waals surface area contributed by atoms with Crippen LogP contribution in [-0.4, -0.2) is 0 Å². The Labute approximate surface area is 115 Å². The van der Waals surface area contributed by atoms with E-state index in [4.69, 9.17) is 10.5 Å². The van der Waals surface area contributed by atoms with Crippen LogP contribution in [0.3, 0.4) is 0 Å². The number of hydrogen-bond donors (Lipinski definition) is 0. The average Bonchev–Trinajstić information content (AvgIpc) is 2.47. The van der Waals surface area contributed by atoms with Gasteiger partial charge in [-0.05, 0) is 61.6 Å². The van der Waals surface area contributed by atoms with Crippen molar-refractivity contribution >= 4 is 0 Å². The molecule has 0 heterocycles. The molecule has 0 atom stereocenters. The van der Waals surface area contributed by atoms with Crippen molar-refractivity contribution in [1.82, 2.24) is 0 Å². The summed E-state index contributed by atoms with van der Waals surface area (Å²) in [6.45, 7) is 3.81. The first-order valence-corrected chi connectivity index (χ1v) is 6.83. The number of rotatable bonds is 3. The SMILES string of the molecule is C=CCC1CCC(c2ccc(C#N)c(C#N)c2)CC1. The fraction of sp³-hybridized carbons (Fsp3) is 0.412. The van der Waals surface area contributed by atoms with E-state index in [9.17, 15) is 0 Å². The summed E-state index contributed by atoms with van der Waals surface area (Å²) in [6, 6.07) is 9.88. The molecule has 0 bridgehead atoms. The Kier molecular flexibility index (Phi) is 4.37. The lowest BCUT2D eigenvalue weighted by Crippen LogP contribution is -2.13. The molecular formula is C17H18N2. The van der Waals surface area contributed by atoms with E-state index < -0.39 is 0 Å². The Morgan fingerprint density at radius 1 is 1.11 bits per heavy atom. The van der Waals surface area contributed by atoms with E-state index in [0.717, 1.165) is 12.3 Å². The number of hydrogen-bond acceptors (Lipinski definition) is 2. The van der Waals surface area contributed by atoms with E-state index in [-0.39, 0.29) is 0 Å². The van der Waals surface area contributed by atoms with E-state index in [1.807, 2.05) is 18.2 Å². The number of allylic oxidation sites excluding steroid dienone is 1. The van der Waals surface area contributed by atoms with Gasteiger partial charge >= 0.3 is 0 Å². The maximum atomic E-state index is 9.07. The van der Waals surface area contributed by atoms with Crippen LogP contribution in [0.2, 0.25) is 0 Å². The minimum absolute atomic E-state index is 0.478. The van der Waals surface area contributed by atoms with E-state index in [1.165, 1.54) is 31.2 Å². The van der Waals surface area contributed by atoms with Crippen LogP contribution >= 0.6 is 0 Å². The first-order chi connectivity index (χ1) is 9.28. The molecule has 0 spiro atoms. The molecule has 2 rings (SSSR count). The van der Waals surface area contributed by atoms with Gasteiger partial charge in [0.2, 0.25) is 0 Å². The second kappa shape index (κ2) is 6.21. The van der Waals surface area contributed by atoms with Crippen molar-refractivity contribution in [2.45, 2.75) is 38.0 Å². The van der Waals surface area contributed by atoms with Crippen LogP contribution in [0.1, 0.15) is 54.7 Å². The van der Waals surface area contributed by atoms with E-state index in [1.54, 1.807) is 6.07 Å². The predicted molar refractivity (Wildman–Crippen MR) is 75.4 cm³/mol. The lowest BCUT2D eigenvalue weighted by molar-refractivity contribution is 0.328. The summed E-state index contributed by atoms with van der Waals surface area (Å²) >= 11 is 0. The van der Waals surface area contributed by atoms with Gasteiger partial charge in [0, 0.05) is 0 Å². The molecule has 1 aliphatic rings. The molecule has 2 nitrogen and oxygen atoms in total. The molecule has 0 unspecified atom stereocenters. The topological polar surface area (TPSA) is 47.6 Å². The molecule has 2 heteroatoms. The van der Waals surface area contributed by atoms with Crippen LogP contribution in [-0.2, 0) is 0 Å². The molecule has 19 heavy (non-hydrogen) atoms. The zero-order chi connectivity index (χ0) is 13.7. The number of nitriles is 2. The minimum Gasteiger partial charge on any atom is -0.192 e. The van der Waals surface area contributed by atoms with Crippen molar-refractivity contribution in [1.29, 1.82) is 10.5 Å². The minimum atomic E-state index is 0.478. The number of benzene rings is 1. The molecule has 1 aromatic carbocycles. The molecule has 0 amide bonds. The summed E-state index contributed by atoms with van der Waals surface area (Å²) in [5, 5.41) is 18.0. The Hall–Kier alpha value is -2.06. The van der Waals surface area contributed by atoms with Gasteiger partial charge in [0.15, 0.2) is 0 Å². The van der Waals surface area contributed by atoms with Crippen molar-refractivity contribution in [2.24, 2.45) is 5.92 Å². The first kappa shape index (κ1) is 13.4. The average molecular weight is 250 g/mol. The lowest BCUT2D eigenvalue weighted by Gasteiger charge is -2.28. The van der Waals surface area contributed by atoms with Gasteiger partial charge in [-0.25, -0.2) is 0 Å². The van der Waals surface area contributed by atoms with Crippen molar-refractivity contribution in [3.8, 4) is 12.1 Å². The fourth-order valence-corrected chi connectivity index (χ4v) is 2.97. The van der Waals surface area contributed by atoms with Crippen LogP contribution in [0.25, 0.3) is 0 Å². The second-order valence-corrected chi connectivity index (χ2v) is 5.27. The Morgan fingerprint density at radius 3 is 2.37 bits per heavy atom. The predicted octanol–water partition coefficient (Wildman–Crippen LogP) is 4.28. The summed E-state index contributed by atoms with van der Waals surface area (Å²) in [7, 11) is 0. The second-order valence-electron chi connectivity index (χ2n) is 5.27. The monoisotopic (exact) mass is 250 g/mol. The van der Waals surface area contributed by atoms with Crippen molar-refractivity contribution in [2.75, 3.05) is 0 Å². The van der Waals surface area contributed by atoms with E-state index >= 15 is 0 Å². The summed E-state index contributed by atoms with van der Waals surface area (Å²) in [6.07, 6.45) is 7.95. The van der Waals surface area contributed by atoms with Gasteiger partial charge in [0.25, 0.3) is 0 Å². The highest BCUT2D eigenvalue weighted by Gasteiger charge is 2.22. The molecular weight excluding hydrogens is 232 g/mol. The Bertz CT molecular complexity index is 537. The number of nitrogens with zero attached hydrogens (tertiary/aromatic N) is 2. The molecule has 96 valence electrons. The Balaban J connectivity index is 2.10. The molecule has 0 aromatic heterocycles. The van der Waals surface area contributed by atoms with Gasteiger partial charge in [-0.2, -0.15) is 10.5 Å². The van der Waals surface area contributed by atoms with Gasteiger partial charge in [0.1, 0.15) is 12.1 Å². The zero-order valence-electron chi connectivity index (χ0n) is 11.1. The van der Waals surface area contributed by atoms with Gasteiger partial charge in [0.05, 0.1) is 11.1 Å². The molecule has 1 saturated carbocycles. The highest BCUT2D eigenvalue weighted by atomic mass is 14.3. The lowest BCUT2D eigenvalue weighted by atomic mass is 9.77. The molecule has 0 N–H and O–H groups in total. The van der Waals surface area contributed by atoms with Gasteiger partial charge < -0.3 is 0 Å². The third kappa shape index (κ3) is 3.04. The maximum absolute atomic E-state index is 9.07. The standard InChI is InChI=1S/C17H18N2/c1-2-3-13-4-6-14(7-5-13)15-8-9-16(11-18)17(10-15)12-19/h2,8-10,13-14H,1,3-7H2. The highest BCUT2D eigenvalue weighted by molar-refractivity contribution is 5.48. The van der Waals surface area contributed by atoms with Crippen molar-refractivity contribution < 1.29 is 0 Å². The first-order valence-electron chi connectivity index (χ1n) is 6.83. The molecule has 0 aliphatic heterocycles. The summed E-state index contributed by atoms with van der Waals surface area (Å²) < 4.78 is 0. The maximum Gasteiger partial charge on any atom is 0.101 e. The fourth-order valence-electron chi connectivity index (χ4n) is 2.97. The van der Waals surface area contributed by atoms with Gasteiger partial charge in [-0.15, -0.1) is 6.58 Å². The van der Waals surface area contributed by atoms with Gasteiger partial charge in [-0.1, -0.05) is 12.1 Å². The quantitative estimate of drug-likeness (QED) is 0.752. The molecule has 1 fully saturated rings. The van der Waals surface area contributed by atoms with Crippen LogP contribution < -0.4 is 0 Å². The smallest absolute Gasteiger partial charge is 0.101 e. The normalized spacial score (nSPS) is 22.2. The van der Waals surface area contributed by atoms with Crippen molar-refractivity contribution in [3.05, 3.63) is 47.5 Å². The summed E-state index contributed by atoms with van der Waals surface area (Å²) in [5.74, 6) is 1.32. The van der Waals surface area contributed by atoms with Crippen LogP contribution in [0.5, 0.6) is 0 Å².